The molecule has 0 saturated carbocycles. The molecule has 0 aromatic heterocycles. The summed E-state index contributed by atoms with van der Waals surface area (Å²) in [5, 5.41) is 0. The van der Waals surface area contributed by atoms with E-state index in [1.165, 1.54) is 30.3 Å². The van der Waals surface area contributed by atoms with Crippen LogP contribution in [-0.4, -0.2) is 14.0 Å². The van der Waals surface area contributed by atoms with Gasteiger partial charge in [0.1, 0.15) is 0 Å². The smallest absolute Gasteiger partial charge is 0.260 e. The van der Waals surface area contributed by atoms with Crippen LogP contribution < -0.4 is 0 Å². The van der Waals surface area contributed by atoms with Crippen molar-refractivity contribution in [3.63, 3.8) is 0 Å². The fourth-order valence-corrected chi connectivity index (χ4v) is 2.50. The van der Waals surface area contributed by atoms with Gasteiger partial charge in [0.05, 0.1) is 10.5 Å². The number of rotatable bonds is 7. The van der Waals surface area contributed by atoms with E-state index in [1.54, 1.807) is 6.92 Å². The maximum atomic E-state index is 12.5. The van der Waals surface area contributed by atoms with Gasteiger partial charge in [0.2, 0.25) is 0 Å². The molecule has 0 aliphatic carbocycles. The van der Waals surface area contributed by atoms with Gasteiger partial charge < -0.3 is 0 Å². The van der Waals surface area contributed by atoms with Gasteiger partial charge in [0, 0.05) is 8.22 Å². The van der Waals surface area contributed by atoms with Crippen molar-refractivity contribution in [1.82, 2.24) is 0 Å². The van der Waals surface area contributed by atoms with Crippen LogP contribution in [0, 0.1) is 6.92 Å². The Kier molecular flexibility index (Phi) is 2.98. The van der Waals surface area contributed by atoms with E-state index >= 15 is 0 Å². The molecule has 0 aliphatic heterocycles. The first-order chi connectivity index (χ1) is 11.3. The molecule has 3 nitrogen and oxygen atoms in total. The maximum absolute atomic E-state index is 12.5. The highest BCUT2D eigenvalue weighted by molar-refractivity contribution is 7.86. The van der Waals surface area contributed by atoms with Crippen molar-refractivity contribution in [2.75, 3.05) is 0 Å². The molecule has 0 amide bonds. The minimum atomic E-state index is -4.58. The Morgan fingerprint density at radius 2 is 2.00 bits per heavy atom. The minimum Gasteiger partial charge on any atom is -0.260 e. The average Bonchev–Trinajstić information content (AvgIpc) is 2.44. The topological polar surface area (TPSA) is 43.4 Å². The van der Waals surface area contributed by atoms with Crippen molar-refractivity contribution in [2.45, 2.75) is 50.4 Å². The van der Waals surface area contributed by atoms with Crippen LogP contribution in [0.15, 0.2) is 41.8 Å². The fourth-order valence-electron chi connectivity index (χ4n) is 1.48. The Bertz CT molecular complexity index is 675. The molecule has 0 unspecified atom stereocenters. The van der Waals surface area contributed by atoms with E-state index in [-0.39, 0.29) is 11.3 Å². The highest BCUT2D eigenvalue weighted by Crippen LogP contribution is 2.24. The van der Waals surface area contributed by atoms with E-state index < -0.39 is 35.8 Å². The summed E-state index contributed by atoms with van der Waals surface area (Å²) < 4.78 is 76.0. The summed E-state index contributed by atoms with van der Waals surface area (Å²) in [6.07, 6.45) is 1.47. The third-order valence-corrected chi connectivity index (χ3v) is 3.85. The summed E-state index contributed by atoms with van der Waals surface area (Å²) in [4.78, 5) is -0.292. The third-order valence-electron chi connectivity index (χ3n) is 2.50. The van der Waals surface area contributed by atoms with Gasteiger partial charge in [0.25, 0.3) is 10.1 Å². The lowest BCUT2D eigenvalue weighted by Crippen LogP contribution is -2.28. The van der Waals surface area contributed by atoms with Gasteiger partial charge in [-0.1, -0.05) is 23.8 Å². The molecule has 0 N–H and O–H groups in total. The van der Waals surface area contributed by atoms with Crippen LogP contribution in [0.25, 0.3) is 0 Å². The van der Waals surface area contributed by atoms with Gasteiger partial charge in [-0.3, -0.25) is 4.18 Å². The van der Waals surface area contributed by atoms with Crippen LogP contribution in [-0.2, 0) is 14.3 Å². The summed E-state index contributed by atoms with van der Waals surface area (Å²) in [6.45, 7) is -1.09. The van der Waals surface area contributed by atoms with Gasteiger partial charge in [-0.25, -0.2) is 0 Å². The predicted octanol–water partition coefficient (Wildman–Crippen LogP) is 3.84. The molecule has 0 aliphatic rings. The van der Waals surface area contributed by atoms with Crippen LogP contribution in [0.5, 0.6) is 0 Å². The molecule has 1 aromatic carbocycles. The third kappa shape index (κ3) is 5.17. The summed E-state index contributed by atoms with van der Waals surface area (Å²) in [5.41, 5.74) is -2.03. The average molecular weight is 288 g/mol. The van der Waals surface area contributed by atoms with Gasteiger partial charge >= 0.3 is 0 Å². The molecular formula is C15H22O3S. The number of hydrogen-bond acceptors (Lipinski definition) is 3. The van der Waals surface area contributed by atoms with Crippen molar-refractivity contribution in [1.29, 1.82) is 0 Å². The lowest BCUT2D eigenvalue weighted by atomic mass is 10.0. The molecule has 0 bridgehead atoms. The largest absolute Gasteiger partial charge is 0.297 e. The van der Waals surface area contributed by atoms with E-state index in [0.717, 1.165) is 5.56 Å². The first-order valence-electron chi connectivity index (χ1n) is 8.90. The van der Waals surface area contributed by atoms with Crippen LogP contribution in [0.1, 0.15) is 46.8 Å². The number of aryl methyl sites for hydroxylation is 1. The molecule has 0 fully saturated rings. The zero-order chi connectivity index (χ0) is 19.5. The molecule has 1 aromatic rings. The molecule has 1 rings (SSSR count). The molecule has 0 atom stereocenters. The van der Waals surface area contributed by atoms with E-state index in [4.69, 9.17) is 12.4 Å². The second kappa shape index (κ2) is 6.35. The molecule has 4 heteroatoms. The van der Waals surface area contributed by atoms with Gasteiger partial charge in [-0.05, 0) is 52.0 Å². The maximum Gasteiger partial charge on any atom is 0.297 e. The number of hydrogen-bond donors (Lipinski definition) is 0. The first-order valence-corrected chi connectivity index (χ1v) is 7.31. The second-order valence-electron chi connectivity index (χ2n) is 4.36. The summed E-state index contributed by atoms with van der Waals surface area (Å²) in [5.74, 6) is 0. The number of unbranched alkanes of at least 4 members (excludes halogenated alkanes) is 1. The zero-order valence-corrected chi connectivity index (χ0v) is 11.7. The Morgan fingerprint density at radius 3 is 2.53 bits per heavy atom. The van der Waals surface area contributed by atoms with Gasteiger partial charge in [-0.15, -0.1) is 6.58 Å². The molecule has 19 heavy (non-hydrogen) atoms. The summed E-state index contributed by atoms with van der Waals surface area (Å²) in [6, 6.07) is 5.52. The van der Waals surface area contributed by atoms with Crippen LogP contribution >= 0.6 is 0 Å². The monoisotopic (exact) mass is 288 g/mol. The molecule has 106 valence electrons. The molecule has 0 heterocycles. The SMILES string of the molecule is [2H]C([2H])([2H])C(CCCC=C)(OS(=O)(=O)c1ccc(C)cc1)C([2H])([2H])[2H]. The van der Waals surface area contributed by atoms with Crippen molar-refractivity contribution >= 4 is 10.1 Å². The highest BCUT2D eigenvalue weighted by atomic mass is 32.2. The van der Waals surface area contributed by atoms with E-state index in [9.17, 15) is 8.42 Å². The Morgan fingerprint density at radius 1 is 1.37 bits per heavy atom. The lowest BCUT2D eigenvalue weighted by Gasteiger charge is -2.24. The lowest BCUT2D eigenvalue weighted by molar-refractivity contribution is 0.106. The molecule has 0 radical (unpaired) electrons. The predicted molar refractivity (Wildman–Crippen MR) is 77.6 cm³/mol. The van der Waals surface area contributed by atoms with Crippen LogP contribution in [0.3, 0.4) is 0 Å². The summed E-state index contributed by atoms with van der Waals surface area (Å²) in [7, 11) is -4.58. The zero-order valence-electron chi connectivity index (χ0n) is 16.8. The molecule has 0 spiro atoms. The van der Waals surface area contributed by atoms with E-state index in [0.29, 0.717) is 6.42 Å². The van der Waals surface area contributed by atoms with Gasteiger partial charge in [0.15, 0.2) is 0 Å². The van der Waals surface area contributed by atoms with Gasteiger partial charge in [-0.2, -0.15) is 8.42 Å². The molecular weight excluding hydrogens is 260 g/mol. The standard InChI is InChI=1S/C15H22O3S/c1-5-6-7-12-15(3,4)18-19(16,17)14-10-8-13(2)9-11-14/h5,8-11H,1,6-7,12H2,2-4H3/i3D3,4D3. The Balaban J connectivity index is 3.40. The van der Waals surface area contributed by atoms with Crippen LogP contribution in [0.2, 0.25) is 0 Å². The quantitative estimate of drug-likeness (QED) is 0.435. The minimum absolute atomic E-state index is 0.115. The first kappa shape index (κ1) is 8.93. The van der Waals surface area contributed by atoms with E-state index in [1.807, 2.05) is 0 Å². The fraction of sp³-hybridized carbons (Fsp3) is 0.467. The normalized spacial score (nSPS) is 18.4. The van der Waals surface area contributed by atoms with Crippen molar-refractivity contribution < 1.29 is 20.8 Å². The second-order valence-corrected chi connectivity index (χ2v) is 5.90. The number of benzene rings is 1. The van der Waals surface area contributed by atoms with Crippen molar-refractivity contribution in [3.8, 4) is 0 Å². The number of allylic oxidation sites excluding steroid dienone is 1. The Hall–Kier alpha value is -1.13. The highest BCUT2D eigenvalue weighted by Gasteiger charge is 2.27. The van der Waals surface area contributed by atoms with Crippen molar-refractivity contribution in [2.24, 2.45) is 0 Å². The Labute approximate surface area is 124 Å². The molecule has 0 saturated heterocycles. The summed E-state index contributed by atoms with van der Waals surface area (Å²) >= 11 is 0. The van der Waals surface area contributed by atoms with Crippen LogP contribution in [0.4, 0.5) is 0 Å². The van der Waals surface area contributed by atoms with E-state index in [2.05, 4.69) is 6.58 Å². The van der Waals surface area contributed by atoms with Crippen molar-refractivity contribution in [3.05, 3.63) is 42.5 Å².